The normalized spacial score (nSPS) is 22.2. The van der Waals surface area contributed by atoms with Crippen LogP contribution in [0.15, 0.2) is 47.4 Å². The Morgan fingerprint density at radius 1 is 1.14 bits per heavy atom. The Hall–Kier alpha value is -1.14. The van der Waals surface area contributed by atoms with Crippen LogP contribution in [0.2, 0.25) is 0 Å². The largest absolute Gasteiger partial charge is 0.315 e. The van der Waals surface area contributed by atoms with Crippen LogP contribution in [0, 0.1) is 5.92 Å². The fourth-order valence-electron chi connectivity index (χ4n) is 2.75. The van der Waals surface area contributed by atoms with Crippen LogP contribution in [0.3, 0.4) is 0 Å². The van der Waals surface area contributed by atoms with Gasteiger partial charge in [0.05, 0.1) is 4.90 Å². The third kappa shape index (κ3) is 3.60. The van der Waals surface area contributed by atoms with E-state index in [0.29, 0.717) is 17.4 Å². The van der Waals surface area contributed by atoms with E-state index in [0.717, 1.165) is 23.7 Å². The number of nitrogens with one attached hydrogen (secondary N) is 2. The highest BCUT2D eigenvalue weighted by molar-refractivity contribution is 7.89. The quantitative estimate of drug-likeness (QED) is 0.902. The molecule has 4 nitrogen and oxygen atoms in total. The lowest BCUT2D eigenvalue weighted by Gasteiger charge is -2.30. The molecule has 1 aliphatic heterocycles. The molecule has 3 rings (SSSR count). The zero-order chi connectivity index (χ0) is 14.9. The van der Waals surface area contributed by atoms with Crippen LogP contribution in [0.4, 0.5) is 0 Å². The molecule has 120 valence electrons. The molecule has 0 aliphatic carbocycles. The third-order valence-corrected chi connectivity index (χ3v) is 5.65. The molecule has 0 amide bonds. The van der Waals surface area contributed by atoms with Crippen molar-refractivity contribution in [3.05, 3.63) is 42.5 Å². The number of halogens is 1. The lowest BCUT2D eigenvalue weighted by molar-refractivity contribution is 0.327. The smallest absolute Gasteiger partial charge is 0.240 e. The number of hydrogen-bond donors (Lipinski definition) is 2. The molecule has 0 aromatic heterocycles. The summed E-state index contributed by atoms with van der Waals surface area (Å²) in [6.07, 6.45) is 0.991. The standard InChI is InChI=1S/C16H20N2O2S.ClH/c1-12-8-9-17-11-16(12)18-21(19,20)15-7-6-13-4-2-3-5-14(13)10-15;/h2-7,10,12,16-18H,8-9,11H2,1H3;1H. The van der Waals surface area contributed by atoms with Gasteiger partial charge in [-0.2, -0.15) is 0 Å². The summed E-state index contributed by atoms with van der Waals surface area (Å²) in [5, 5.41) is 5.23. The molecule has 2 aromatic carbocycles. The van der Waals surface area contributed by atoms with Gasteiger partial charge in [-0.1, -0.05) is 37.3 Å². The first-order valence-electron chi connectivity index (χ1n) is 7.28. The first kappa shape index (κ1) is 17.2. The molecule has 0 spiro atoms. The van der Waals surface area contributed by atoms with Gasteiger partial charge >= 0.3 is 0 Å². The van der Waals surface area contributed by atoms with Crippen molar-refractivity contribution >= 4 is 33.2 Å². The average Bonchev–Trinajstić information content (AvgIpc) is 2.49. The lowest BCUT2D eigenvalue weighted by atomic mass is 9.96. The van der Waals surface area contributed by atoms with E-state index in [1.807, 2.05) is 30.3 Å². The first-order chi connectivity index (χ1) is 10.1. The van der Waals surface area contributed by atoms with Gasteiger partial charge in [0.2, 0.25) is 10.0 Å². The number of benzene rings is 2. The van der Waals surface area contributed by atoms with Gasteiger partial charge in [0.25, 0.3) is 0 Å². The zero-order valence-corrected chi connectivity index (χ0v) is 14.1. The molecule has 0 radical (unpaired) electrons. The summed E-state index contributed by atoms with van der Waals surface area (Å²) in [6.45, 7) is 3.73. The fourth-order valence-corrected chi connectivity index (χ4v) is 4.13. The molecule has 6 heteroatoms. The van der Waals surface area contributed by atoms with E-state index in [2.05, 4.69) is 17.0 Å². The van der Waals surface area contributed by atoms with Crippen LogP contribution in [0.1, 0.15) is 13.3 Å². The second-order valence-electron chi connectivity index (χ2n) is 5.71. The summed E-state index contributed by atoms with van der Waals surface area (Å²) in [5.41, 5.74) is 0. The van der Waals surface area contributed by atoms with E-state index in [-0.39, 0.29) is 18.4 Å². The third-order valence-electron chi connectivity index (χ3n) is 4.17. The van der Waals surface area contributed by atoms with Crippen molar-refractivity contribution < 1.29 is 8.42 Å². The minimum Gasteiger partial charge on any atom is -0.315 e. The van der Waals surface area contributed by atoms with Crippen molar-refractivity contribution in [1.82, 2.24) is 10.0 Å². The Kier molecular flexibility index (Phi) is 5.45. The van der Waals surface area contributed by atoms with Gasteiger partial charge in [-0.25, -0.2) is 13.1 Å². The molecule has 1 saturated heterocycles. The second kappa shape index (κ2) is 6.96. The topological polar surface area (TPSA) is 58.2 Å². The van der Waals surface area contributed by atoms with E-state index in [4.69, 9.17) is 0 Å². The van der Waals surface area contributed by atoms with Gasteiger partial charge < -0.3 is 5.32 Å². The summed E-state index contributed by atoms with van der Waals surface area (Å²) >= 11 is 0. The Morgan fingerprint density at radius 3 is 2.59 bits per heavy atom. The van der Waals surface area contributed by atoms with Gasteiger partial charge in [-0.05, 0) is 41.8 Å². The SMILES string of the molecule is CC1CCNCC1NS(=O)(=O)c1ccc2ccccc2c1.Cl. The molecular formula is C16H21ClN2O2S. The number of piperidine rings is 1. The van der Waals surface area contributed by atoms with E-state index >= 15 is 0 Å². The number of rotatable bonds is 3. The van der Waals surface area contributed by atoms with E-state index in [9.17, 15) is 8.42 Å². The highest BCUT2D eigenvalue weighted by atomic mass is 35.5. The maximum absolute atomic E-state index is 12.6. The van der Waals surface area contributed by atoms with Crippen LogP contribution in [-0.2, 0) is 10.0 Å². The van der Waals surface area contributed by atoms with Crippen molar-refractivity contribution in [2.75, 3.05) is 13.1 Å². The average molecular weight is 341 g/mol. The highest BCUT2D eigenvalue weighted by Gasteiger charge is 2.26. The Labute approximate surface area is 137 Å². The summed E-state index contributed by atoms with van der Waals surface area (Å²) in [4.78, 5) is 0.332. The van der Waals surface area contributed by atoms with Crippen molar-refractivity contribution in [3.8, 4) is 0 Å². The highest BCUT2D eigenvalue weighted by Crippen LogP contribution is 2.20. The van der Waals surface area contributed by atoms with Crippen LogP contribution in [0.5, 0.6) is 0 Å². The van der Waals surface area contributed by atoms with E-state index < -0.39 is 10.0 Å². The van der Waals surface area contributed by atoms with E-state index in [1.165, 1.54) is 0 Å². The van der Waals surface area contributed by atoms with Gasteiger partial charge in [0.15, 0.2) is 0 Å². The molecule has 2 atom stereocenters. The van der Waals surface area contributed by atoms with Crippen LogP contribution < -0.4 is 10.0 Å². The van der Waals surface area contributed by atoms with Crippen molar-refractivity contribution in [1.29, 1.82) is 0 Å². The number of fused-ring (bicyclic) bond motifs is 1. The summed E-state index contributed by atoms with van der Waals surface area (Å²) < 4.78 is 27.9. The lowest BCUT2D eigenvalue weighted by Crippen LogP contribution is -2.50. The molecule has 0 bridgehead atoms. The van der Waals surface area contributed by atoms with Gasteiger partial charge in [0, 0.05) is 12.6 Å². The van der Waals surface area contributed by atoms with Crippen LogP contribution >= 0.6 is 12.4 Å². The maximum atomic E-state index is 12.6. The Morgan fingerprint density at radius 2 is 1.86 bits per heavy atom. The minimum absolute atomic E-state index is 0. The molecule has 2 aromatic rings. The van der Waals surface area contributed by atoms with Gasteiger partial charge in [-0.15, -0.1) is 12.4 Å². The van der Waals surface area contributed by atoms with Crippen molar-refractivity contribution in [2.45, 2.75) is 24.3 Å². The van der Waals surface area contributed by atoms with Crippen LogP contribution in [0.25, 0.3) is 10.8 Å². The Bertz CT molecular complexity index is 749. The van der Waals surface area contributed by atoms with Gasteiger partial charge in [-0.3, -0.25) is 0 Å². The predicted molar refractivity (Wildman–Crippen MR) is 92.0 cm³/mol. The van der Waals surface area contributed by atoms with Crippen molar-refractivity contribution in [3.63, 3.8) is 0 Å². The molecule has 1 heterocycles. The summed E-state index contributed by atoms with van der Waals surface area (Å²) in [5.74, 6) is 0.349. The van der Waals surface area contributed by atoms with Crippen molar-refractivity contribution in [2.24, 2.45) is 5.92 Å². The molecule has 2 unspecified atom stereocenters. The maximum Gasteiger partial charge on any atom is 0.240 e. The zero-order valence-electron chi connectivity index (χ0n) is 12.5. The summed E-state index contributed by atoms with van der Waals surface area (Å²) in [7, 11) is -3.47. The number of hydrogen-bond acceptors (Lipinski definition) is 3. The molecular weight excluding hydrogens is 320 g/mol. The molecule has 1 fully saturated rings. The Balaban J connectivity index is 0.00000176. The van der Waals surface area contributed by atoms with Gasteiger partial charge in [0.1, 0.15) is 0 Å². The second-order valence-corrected chi connectivity index (χ2v) is 7.42. The number of sulfonamides is 1. The molecule has 0 saturated carbocycles. The summed E-state index contributed by atoms with van der Waals surface area (Å²) in [6, 6.07) is 13.0. The minimum atomic E-state index is -3.47. The monoisotopic (exact) mass is 340 g/mol. The fraction of sp³-hybridized carbons (Fsp3) is 0.375. The van der Waals surface area contributed by atoms with E-state index in [1.54, 1.807) is 12.1 Å². The van der Waals surface area contributed by atoms with Crippen LogP contribution in [-0.4, -0.2) is 27.5 Å². The molecule has 22 heavy (non-hydrogen) atoms. The molecule has 2 N–H and O–H groups in total. The molecule has 1 aliphatic rings. The predicted octanol–water partition coefficient (Wildman–Crippen LogP) is 2.54. The first-order valence-corrected chi connectivity index (χ1v) is 8.76.